The van der Waals surface area contributed by atoms with Gasteiger partial charge < -0.3 is 9.88 Å². The van der Waals surface area contributed by atoms with Crippen LogP contribution >= 0.6 is 0 Å². The number of aromatic nitrogens is 1. The Labute approximate surface area is 113 Å². The molecule has 0 saturated carbocycles. The lowest BCUT2D eigenvalue weighted by molar-refractivity contribution is 0.375. The molecule has 1 atom stereocenters. The van der Waals surface area contributed by atoms with Crippen molar-refractivity contribution >= 4 is 10.9 Å². The minimum atomic E-state index is 0.157. The van der Waals surface area contributed by atoms with E-state index in [0.29, 0.717) is 5.92 Å². The van der Waals surface area contributed by atoms with Crippen molar-refractivity contribution in [2.45, 2.75) is 19.3 Å². The van der Waals surface area contributed by atoms with Gasteiger partial charge in [0.1, 0.15) is 0 Å². The molecule has 1 aliphatic heterocycles. The number of nitrogens with zero attached hydrogens (tertiary/aromatic N) is 1. The number of hydrogen-bond acceptors (Lipinski definition) is 2. The van der Waals surface area contributed by atoms with Crippen LogP contribution in [0.4, 0.5) is 0 Å². The highest BCUT2D eigenvalue weighted by atomic mass is 16.1. The van der Waals surface area contributed by atoms with Crippen molar-refractivity contribution in [2.24, 2.45) is 13.0 Å². The second-order valence-electron chi connectivity index (χ2n) is 5.51. The van der Waals surface area contributed by atoms with Crippen LogP contribution in [0.3, 0.4) is 0 Å². The van der Waals surface area contributed by atoms with Gasteiger partial charge in [0.25, 0.3) is 5.56 Å². The van der Waals surface area contributed by atoms with Gasteiger partial charge in [-0.2, -0.15) is 0 Å². The summed E-state index contributed by atoms with van der Waals surface area (Å²) in [6, 6.07) is 10.2. The van der Waals surface area contributed by atoms with Crippen LogP contribution in [0.1, 0.15) is 18.4 Å². The topological polar surface area (TPSA) is 34.0 Å². The maximum absolute atomic E-state index is 12.4. The summed E-state index contributed by atoms with van der Waals surface area (Å²) in [5.41, 5.74) is 2.12. The second-order valence-corrected chi connectivity index (χ2v) is 5.51. The molecule has 1 saturated heterocycles. The van der Waals surface area contributed by atoms with Gasteiger partial charge >= 0.3 is 0 Å². The van der Waals surface area contributed by atoms with Gasteiger partial charge in [-0.1, -0.05) is 18.2 Å². The van der Waals surface area contributed by atoms with Crippen molar-refractivity contribution in [3.8, 4) is 0 Å². The van der Waals surface area contributed by atoms with Crippen molar-refractivity contribution in [3.05, 3.63) is 46.2 Å². The van der Waals surface area contributed by atoms with Crippen LogP contribution in [0.2, 0.25) is 0 Å². The van der Waals surface area contributed by atoms with Gasteiger partial charge in [0.15, 0.2) is 0 Å². The first-order chi connectivity index (χ1) is 9.25. The zero-order valence-electron chi connectivity index (χ0n) is 11.4. The summed E-state index contributed by atoms with van der Waals surface area (Å²) in [6.07, 6.45) is 3.34. The summed E-state index contributed by atoms with van der Waals surface area (Å²) in [7, 11) is 1.87. The smallest absolute Gasteiger partial charge is 0.253 e. The van der Waals surface area contributed by atoms with Crippen molar-refractivity contribution in [1.29, 1.82) is 0 Å². The number of hydrogen-bond donors (Lipinski definition) is 1. The predicted octanol–water partition coefficient (Wildman–Crippen LogP) is 2.08. The summed E-state index contributed by atoms with van der Waals surface area (Å²) < 4.78 is 1.78. The molecule has 0 radical (unpaired) electrons. The molecular weight excluding hydrogens is 236 g/mol. The molecule has 100 valence electrons. The number of pyridine rings is 1. The first-order valence-electron chi connectivity index (χ1n) is 7.04. The zero-order chi connectivity index (χ0) is 13.2. The summed E-state index contributed by atoms with van der Waals surface area (Å²) in [5, 5.41) is 4.57. The Balaban J connectivity index is 1.99. The Morgan fingerprint density at radius 3 is 3.00 bits per heavy atom. The van der Waals surface area contributed by atoms with Gasteiger partial charge in [-0.3, -0.25) is 4.79 Å². The second kappa shape index (κ2) is 5.17. The lowest BCUT2D eigenvalue weighted by Crippen LogP contribution is -2.32. The van der Waals surface area contributed by atoms with Crippen LogP contribution in [0.25, 0.3) is 10.9 Å². The summed E-state index contributed by atoms with van der Waals surface area (Å²) in [6.45, 7) is 2.15. The molecule has 0 bridgehead atoms. The van der Waals surface area contributed by atoms with Crippen molar-refractivity contribution < 1.29 is 0 Å². The third kappa shape index (κ3) is 2.43. The molecule has 1 aromatic heterocycles. The maximum atomic E-state index is 12.4. The number of nitrogens with one attached hydrogen (secondary N) is 1. The standard InChI is InChI=1S/C16H20N2O/c1-18-15-7-3-2-6-13(15)10-14(16(18)19)9-12-5-4-8-17-11-12/h2-3,6-7,10,12,17H,4-5,8-9,11H2,1H3. The number of piperidine rings is 1. The van der Waals surface area contributed by atoms with Gasteiger partial charge in [-0.05, 0) is 55.8 Å². The molecule has 3 nitrogen and oxygen atoms in total. The third-order valence-corrected chi connectivity index (χ3v) is 4.11. The Bertz CT molecular complexity index is 639. The number of aryl methyl sites for hydroxylation is 1. The highest BCUT2D eigenvalue weighted by Gasteiger charge is 2.16. The van der Waals surface area contributed by atoms with E-state index in [1.54, 1.807) is 4.57 Å². The SMILES string of the molecule is Cn1c(=O)c(CC2CCCNC2)cc2ccccc21. The van der Waals surface area contributed by atoms with Crippen LogP contribution < -0.4 is 10.9 Å². The van der Waals surface area contributed by atoms with Gasteiger partial charge in [-0.25, -0.2) is 0 Å². The van der Waals surface area contributed by atoms with Crippen LogP contribution in [0.5, 0.6) is 0 Å². The Hall–Kier alpha value is -1.61. The Kier molecular flexibility index (Phi) is 3.38. The van der Waals surface area contributed by atoms with E-state index in [4.69, 9.17) is 0 Å². The summed E-state index contributed by atoms with van der Waals surface area (Å²) in [4.78, 5) is 12.4. The van der Waals surface area contributed by atoms with Gasteiger partial charge in [-0.15, -0.1) is 0 Å². The molecule has 1 fully saturated rings. The Morgan fingerprint density at radius 1 is 1.37 bits per heavy atom. The maximum Gasteiger partial charge on any atom is 0.253 e. The molecule has 0 spiro atoms. The molecule has 2 heterocycles. The lowest BCUT2D eigenvalue weighted by atomic mass is 9.92. The molecule has 3 rings (SSSR count). The summed E-state index contributed by atoms with van der Waals surface area (Å²) >= 11 is 0. The van der Waals surface area contributed by atoms with Gasteiger partial charge in [0, 0.05) is 12.6 Å². The van der Waals surface area contributed by atoms with E-state index in [2.05, 4.69) is 17.4 Å². The fourth-order valence-electron chi connectivity index (χ4n) is 3.04. The van der Waals surface area contributed by atoms with Crippen LogP contribution in [-0.2, 0) is 13.5 Å². The van der Waals surface area contributed by atoms with Crippen molar-refractivity contribution in [2.75, 3.05) is 13.1 Å². The highest BCUT2D eigenvalue weighted by molar-refractivity contribution is 5.79. The van der Waals surface area contributed by atoms with Crippen LogP contribution in [0.15, 0.2) is 35.1 Å². The van der Waals surface area contributed by atoms with Gasteiger partial charge in [0.2, 0.25) is 0 Å². The normalized spacial score (nSPS) is 19.7. The lowest BCUT2D eigenvalue weighted by Gasteiger charge is -2.22. The van der Waals surface area contributed by atoms with E-state index in [1.807, 2.05) is 25.2 Å². The molecule has 1 unspecified atom stereocenters. The van der Waals surface area contributed by atoms with E-state index < -0.39 is 0 Å². The van der Waals surface area contributed by atoms with E-state index >= 15 is 0 Å². The Morgan fingerprint density at radius 2 is 2.21 bits per heavy atom. The largest absolute Gasteiger partial charge is 0.316 e. The third-order valence-electron chi connectivity index (χ3n) is 4.11. The quantitative estimate of drug-likeness (QED) is 0.892. The molecule has 1 N–H and O–H groups in total. The predicted molar refractivity (Wildman–Crippen MR) is 78.5 cm³/mol. The number of benzene rings is 1. The minimum Gasteiger partial charge on any atom is -0.316 e. The number of para-hydroxylation sites is 1. The van der Waals surface area contributed by atoms with E-state index in [0.717, 1.165) is 36.0 Å². The monoisotopic (exact) mass is 256 g/mol. The highest BCUT2D eigenvalue weighted by Crippen LogP contribution is 2.18. The molecule has 0 aliphatic carbocycles. The van der Waals surface area contributed by atoms with Crippen LogP contribution in [0, 0.1) is 5.92 Å². The zero-order valence-corrected chi connectivity index (χ0v) is 11.4. The molecular formula is C16H20N2O. The molecule has 0 amide bonds. The average molecular weight is 256 g/mol. The number of fused-ring (bicyclic) bond motifs is 1. The molecule has 1 aliphatic rings. The fraction of sp³-hybridized carbons (Fsp3) is 0.438. The van der Waals surface area contributed by atoms with Crippen molar-refractivity contribution in [1.82, 2.24) is 9.88 Å². The molecule has 19 heavy (non-hydrogen) atoms. The first-order valence-corrected chi connectivity index (χ1v) is 7.04. The van der Waals surface area contributed by atoms with E-state index in [9.17, 15) is 4.79 Å². The van der Waals surface area contributed by atoms with Gasteiger partial charge in [0.05, 0.1) is 5.52 Å². The molecule has 2 aromatic rings. The fourth-order valence-corrected chi connectivity index (χ4v) is 3.04. The van der Waals surface area contributed by atoms with E-state index in [1.165, 1.54) is 12.8 Å². The van der Waals surface area contributed by atoms with Crippen LogP contribution in [-0.4, -0.2) is 17.7 Å². The summed E-state index contributed by atoms with van der Waals surface area (Å²) in [5.74, 6) is 0.600. The van der Waals surface area contributed by atoms with Crippen molar-refractivity contribution in [3.63, 3.8) is 0 Å². The molecule has 3 heteroatoms. The average Bonchev–Trinajstić information content (AvgIpc) is 2.46. The minimum absolute atomic E-state index is 0.157. The number of rotatable bonds is 2. The first kappa shape index (κ1) is 12.4. The van der Waals surface area contributed by atoms with E-state index in [-0.39, 0.29) is 5.56 Å². The molecule has 1 aromatic carbocycles.